The molecule has 1 aromatic carbocycles. The predicted molar refractivity (Wildman–Crippen MR) is 69.4 cm³/mol. The number of imidazole rings is 1. The fraction of sp³-hybridized carbons (Fsp3) is 0.286. The maximum absolute atomic E-state index is 9.21. The Morgan fingerprint density at radius 1 is 1.33 bits per heavy atom. The smallest absolute Gasteiger partial charge is 0.147 e. The van der Waals surface area contributed by atoms with Crippen LogP contribution in [0.4, 0.5) is 0 Å². The van der Waals surface area contributed by atoms with Crippen molar-refractivity contribution in [2.24, 2.45) is 7.05 Å². The van der Waals surface area contributed by atoms with Crippen LogP contribution < -0.4 is 4.74 Å². The molecule has 0 amide bonds. The standard InChI is InChI=1S/C14H15N3O/c1-9-7-11(5-6-13(9)18-4)14-12(8-15)17(3)10(2)16-14/h5-7H,1-4H3. The van der Waals surface area contributed by atoms with Gasteiger partial charge in [-0.25, -0.2) is 4.98 Å². The van der Waals surface area contributed by atoms with Gasteiger partial charge in [0.25, 0.3) is 0 Å². The van der Waals surface area contributed by atoms with E-state index in [0.29, 0.717) is 5.69 Å². The summed E-state index contributed by atoms with van der Waals surface area (Å²) in [6.45, 7) is 3.87. The van der Waals surface area contributed by atoms with Crippen molar-refractivity contribution >= 4 is 0 Å². The second-order valence-electron chi connectivity index (χ2n) is 4.21. The first-order chi connectivity index (χ1) is 8.58. The lowest BCUT2D eigenvalue weighted by molar-refractivity contribution is 0.412. The lowest BCUT2D eigenvalue weighted by Gasteiger charge is -2.06. The molecule has 0 aliphatic rings. The highest BCUT2D eigenvalue weighted by atomic mass is 16.5. The molecule has 0 saturated heterocycles. The summed E-state index contributed by atoms with van der Waals surface area (Å²) < 4.78 is 7.03. The Balaban J connectivity index is 2.60. The van der Waals surface area contributed by atoms with Crippen LogP contribution >= 0.6 is 0 Å². The third kappa shape index (κ3) is 1.84. The van der Waals surface area contributed by atoms with Crippen LogP contribution in [0.2, 0.25) is 0 Å². The highest BCUT2D eigenvalue weighted by Crippen LogP contribution is 2.27. The summed E-state index contributed by atoms with van der Waals surface area (Å²) in [5.41, 5.74) is 3.27. The summed E-state index contributed by atoms with van der Waals surface area (Å²) in [6, 6.07) is 8.01. The molecular weight excluding hydrogens is 226 g/mol. The highest BCUT2D eigenvalue weighted by Gasteiger charge is 2.14. The van der Waals surface area contributed by atoms with Crippen LogP contribution in [-0.2, 0) is 7.05 Å². The van der Waals surface area contributed by atoms with E-state index in [1.807, 2.05) is 39.1 Å². The largest absolute Gasteiger partial charge is 0.496 e. The zero-order valence-corrected chi connectivity index (χ0v) is 11.0. The molecule has 1 aromatic heterocycles. The number of ether oxygens (including phenoxy) is 1. The van der Waals surface area contributed by atoms with E-state index in [2.05, 4.69) is 11.1 Å². The van der Waals surface area contributed by atoms with E-state index >= 15 is 0 Å². The molecule has 92 valence electrons. The fourth-order valence-electron chi connectivity index (χ4n) is 1.97. The van der Waals surface area contributed by atoms with Gasteiger partial charge in [-0.3, -0.25) is 0 Å². The quantitative estimate of drug-likeness (QED) is 0.812. The minimum absolute atomic E-state index is 0.581. The zero-order valence-electron chi connectivity index (χ0n) is 11.0. The van der Waals surface area contributed by atoms with Crippen molar-refractivity contribution in [1.29, 1.82) is 5.26 Å². The molecule has 0 radical (unpaired) electrons. The van der Waals surface area contributed by atoms with Gasteiger partial charge in [-0.15, -0.1) is 0 Å². The molecule has 0 atom stereocenters. The van der Waals surface area contributed by atoms with E-state index in [4.69, 9.17) is 4.74 Å². The fourth-order valence-corrected chi connectivity index (χ4v) is 1.97. The van der Waals surface area contributed by atoms with Crippen LogP contribution in [0.15, 0.2) is 18.2 Å². The normalized spacial score (nSPS) is 10.2. The molecule has 1 heterocycles. The summed E-state index contributed by atoms with van der Waals surface area (Å²) in [7, 11) is 3.49. The van der Waals surface area contributed by atoms with Crippen molar-refractivity contribution in [3.63, 3.8) is 0 Å². The molecule has 4 nitrogen and oxygen atoms in total. The van der Waals surface area contributed by atoms with Gasteiger partial charge in [0.15, 0.2) is 0 Å². The summed E-state index contributed by atoms with van der Waals surface area (Å²) in [6.07, 6.45) is 0. The molecule has 2 rings (SSSR count). The van der Waals surface area contributed by atoms with Gasteiger partial charge in [0.2, 0.25) is 0 Å². The number of rotatable bonds is 2. The number of aromatic nitrogens is 2. The average Bonchev–Trinajstić information content (AvgIpc) is 2.65. The molecule has 0 spiro atoms. The number of nitriles is 1. The van der Waals surface area contributed by atoms with E-state index in [-0.39, 0.29) is 0 Å². The molecule has 0 bridgehead atoms. The molecule has 4 heteroatoms. The van der Waals surface area contributed by atoms with Crippen molar-refractivity contribution in [3.8, 4) is 23.1 Å². The van der Waals surface area contributed by atoms with Crippen LogP contribution in [0.3, 0.4) is 0 Å². The third-order valence-electron chi connectivity index (χ3n) is 3.09. The highest BCUT2D eigenvalue weighted by molar-refractivity contribution is 5.67. The van der Waals surface area contributed by atoms with Crippen molar-refractivity contribution < 1.29 is 4.74 Å². The van der Waals surface area contributed by atoms with Gasteiger partial charge in [-0.2, -0.15) is 5.26 Å². The number of nitrogens with zero attached hydrogens (tertiary/aromatic N) is 3. The van der Waals surface area contributed by atoms with Gasteiger partial charge in [-0.1, -0.05) is 0 Å². The monoisotopic (exact) mass is 241 g/mol. The second-order valence-corrected chi connectivity index (χ2v) is 4.21. The SMILES string of the molecule is COc1ccc(-c2nc(C)n(C)c2C#N)cc1C. The predicted octanol–water partition coefficient (Wildman–Crippen LogP) is 2.58. The molecule has 2 aromatic rings. The van der Waals surface area contributed by atoms with E-state index in [9.17, 15) is 5.26 Å². The van der Waals surface area contributed by atoms with E-state index in [1.54, 1.807) is 11.7 Å². The molecular formula is C14H15N3O. The number of benzene rings is 1. The molecule has 0 N–H and O–H groups in total. The summed E-state index contributed by atoms with van der Waals surface area (Å²) in [5.74, 6) is 1.67. The lowest BCUT2D eigenvalue weighted by Crippen LogP contribution is -1.94. The van der Waals surface area contributed by atoms with Gasteiger partial charge in [0.1, 0.15) is 29.0 Å². The molecule has 0 unspecified atom stereocenters. The van der Waals surface area contributed by atoms with Crippen LogP contribution in [-0.4, -0.2) is 16.7 Å². The van der Waals surface area contributed by atoms with Crippen molar-refractivity contribution in [1.82, 2.24) is 9.55 Å². The minimum Gasteiger partial charge on any atom is -0.496 e. The topological polar surface area (TPSA) is 50.8 Å². The number of hydrogen-bond donors (Lipinski definition) is 0. The summed E-state index contributed by atoms with van der Waals surface area (Å²) >= 11 is 0. The maximum atomic E-state index is 9.21. The molecule has 18 heavy (non-hydrogen) atoms. The van der Waals surface area contributed by atoms with Gasteiger partial charge < -0.3 is 9.30 Å². The van der Waals surface area contributed by atoms with Gasteiger partial charge in [0, 0.05) is 12.6 Å². The van der Waals surface area contributed by atoms with Gasteiger partial charge in [-0.05, 0) is 37.6 Å². The zero-order chi connectivity index (χ0) is 13.3. The van der Waals surface area contributed by atoms with Crippen LogP contribution in [0, 0.1) is 25.2 Å². The molecule has 0 saturated carbocycles. The Bertz CT molecular complexity index is 635. The first kappa shape index (κ1) is 12.2. The maximum Gasteiger partial charge on any atom is 0.147 e. The van der Waals surface area contributed by atoms with Crippen molar-refractivity contribution in [3.05, 3.63) is 35.3 Å². The van der Waals surface area contributed by atoms with Crippen LogP contribution in [0.5, 0.6) is 5.75 Å². The number of hydrogen-bond acceptors (Lipinski definition) is 3. The number of methoxy groups -OCH3 is 1. The Morgan fingerprint density at radius 2 is 2.06 bits per heavy atom. The van der Waals surface area contributed by atoms with Gasteiger partial charge >= 0.3 is 0 Å². The Morgan fingerprint density at radius 3 is 2.61 bits per heavy atom. The average molecular weight is 241 g/mol. The van der Waals surface area contributed by atoms with E-state index in [0.717, 1.165) is 28.4 Å². The third-order valence-corrected chi connectivity index (χ3v) is 3.09. The van der Waals surface area contributed by atoms with Crippen molar-refractivity contribution in [2.75, 3.05) is 7.11 Å². The second kappa shape index (κ2) is 4.53. The summed E-state index contributed by atoms with van der Waals surface area (Å²) in [4.78, 5) is 4.45. The minimum atomic E-state index is 0.581. The lowest BCUT2D eigenvalue weighted by atomic mass is 10.1. The Hall–Kier alpha value is -2.28. The summed E-state index contributed by atoms with van der Waals surface area (Å²) in [5, 5.41) is 9.21. The first-order valence-corrected chi connectivity index (χ1v) is 5.67. The number of aryl methyl sites for hydroxylation is 2. The molecule has 0 aliphatic heterocycles. The Labute approximate surface area is 106 Å². The van der Waals surface area contributed by atoms with Crippen LogP contribution in [0.25, 0.3) is 11.3 Å². The van der Waals surface area contributed by atoms with Gasteiger partial charge in [0.05, 0.1) is 7.11 Å². The van der Waals surface area contributed by atoms with E-state index in [1.165, 1.54) is 0 Å². The van der Waals surface area contributed by atoms with Crippen molar-refractivity contribution in [2.45, 2.75) is 13.8 Å². The first-order valence-electron chi connectivity index (χ1n) is 5.67. The van der Waals surface area contributed by atoms with Crippen LogP contribution in [0.1, 0.15) is 17.1 Å². The molecule has 0 fully saturated rings. The Kier molecular flexibility index (Phi) is 3.07. The van der Waals surface area contributed by atoms with E-state index < -0.39 is 0 Å². The molecule has 0 aliphatic carbocycles.